The normalized spacial score (nSPS) is 16.9. The van der Waals surface area contributed by atoms with Crippen molar-refractivity contribution >= 4 is 15.9 Å². The van der Waals surface area contributed by atoms with Crippen LogP contribution in [0.5, 0.6) is 0 Å². The van der Waals surface area contributed by atoms with E-state index in [2.05, 4.69) is 104 Å². The minimum absolute atomic E-state index is 0.238. The largest absolute Gasteiger partial charge is 0.293 e. The van der Waals surface area contributed by atoms with Crippen molar-refractivity contribution in [2.75, 3.05) is 13.1 Å². The summed E-state index contributed by atoms with van der Waals surface area (Å²) < 4.78 is 1.26. The van der Waals surface area contributed by atoms with Gasteiger partial charge in [0.15, 0.2) is 0 Å². The first-order chi connectivity index (χ1) is 13.5. The molecule has 0 aliphatic carbocycles. The van der Waals surface area contributed by atoms with Gasteiger partial charge in [0.25, 0.3) is 0 Å². The predicted molar refractivity (Wildman–Crippen MR) is 126 cm³/mol. The zero-order valence-corrected chi connectivity index (χ0v) is 20.5. The highest BCUT2D eigenvalue weighted by atomic mass is 79.9. The quantitative estimate of drug-likeness (QED) is 0.530. The first-order valence-electron chi connectivity index (χ1n) is 10.6. The van der Waals surface area contributed by atoms with Gasteiger partial charge in [-0.2, -0.15) is 0 Å². The second kappa shape index (κ2) is 8.87. The Bertz CT molecular complexity index is 771. The van der Waals surface area contributed by atoms with Crippen molar-refractivity contribution in [3.8, 4) is 0 Å². The fourth-order valence-corrected chi connectivity index (χ4v) is 4.71. The van der Waals surface area contributed by atoms with Crippen molar-refractivity contribution in [3.63, 3.8) is 0 Å². The van der Waals surface area contributed by atoms with Crippen LogP contribution in [0.25, 0.3) is 0 Å². The van der Waals surface area contributed by atoms with E-state index in [0.717, 1.165) is 50.7 Å². The molecule has 1 aromatic heterocycles. The molecule has 0 saturated heterocycles. The molecule has 1 aliphatic rings. The average Bonchev–Trinajstić information content (AvgIpc) is 2.55. The number of rotatable bonds is 2. The van der Waals surface area contributed by atoms with Gasteiger partial charge in [-0.3, -0.25) is 14.8 Å². The molecule has 0 atom stereocenters. The molecular weight excluding hydrogens is 422 g/mol. The standard InChI is InChI=1S/C25H36BrN3/c1-24(2,3)17-28-13-19-9-7-10-20(23(19)26)14-29(18-25(4,5)6)16-22-12-8-11-21(15-28)27-22/h7-12H,13-18H2,1-6H3. The highest BCUT2D eigenvalue weighted by Gasteiger charge is 2.22. The maximum atomic E-state index is 5.03. The maximum Gasteiger partial charge on any atom is 0.0548 e. The number of aromatic nitrogens is 1. The molecule has 1 aromatic carbocycles. The summed E-state index contributed by atoms with van der Waals surface area (Å²) in [6.45, 7) is 19.5. The lowest BCUT2D eigenvalue weighted by Gasteiger charge is -2.33. The third kappa shape index (κ3) is 6.91. The predicted octanol–water partition coefficient (Wildman–Crippen LogP) is 6.25. The van der Waals surface area contributed by atoms with Crippen LogP contribution in [-0.2, 0) is 26.2 Å². The molecule has 0 amide bonds. The molecule has 0 fully saturated rings. The van der Waals surface area contributed by atoms with Crippen LogP contribution < -0.4 is 0 Å². The van der Waals surface area contributed by atoms with E-state index in [1.807, 2.05) is 0 Å². The van der Waals surface area contributed by atoms with E-state index in [1.54, 1.807) is 0 Å². The summed E-state index contributed by atoms with van der Waals surface area (Å²) in [6.07, 6.45) is 0. The summed E-state index contributed by atoms with van der Waals surface area (Å²) in [5, 5.41) is 0. The lowest BCUT2D eigenvalue weighted by atomic mass is 9.95. The van der Waals surface area contributed by atoms with Crippen molar-refractivity contribution < 1.29 is 0 Å². The molecule has 4 bridgehead atoms. The molecule has 0 saturated carbocycles. The fraction of sp³-hybridized carbons (Fsp3) is 0.560. The van der Waals surface area contributed by atoms with Gasteiger partial charge in [0.05, 0.1) is 11.4 Å². The summed E-state index contributed by atoms with van der Waals surface area (Å²) in [4.78, 5) is 10.1. The molecule has 1 aliphatic heterocycles. The van der Waals surface area contributed by atoms with Crippen LogP contribution in [0.3, 0.4) is 0 Å². The van der Waals surface area contributed by atoms with Crippen LogP contribution in [0, 0.1) is 10.8 Å². The number of hydrogen-bond donors (Lipinski definition) is 0. The van der Waals surface area contributed by atoms with Crippen LogP contribution in [0.15, 0.2) is 40.9 Å². The lowest BCUT2D eigenvalue weighted by molar-refractivity contribution is 0.167. The van der Waals surface area contributed by atoms with Crippen molar-refractivity contribution in [1.29, 1.82) is 0 Å². The Balaban J connectivity index is 2.00. The molecule has 0 spiro atoms. The Labute approximate surface area is 185 Å². The molecule has 3 nitrogen and oxygen atoms in total. The first-order valence-corrected chi connectivity index (χ1v) is 11.4. The Hall–Kier alpha value is -1.23. The first kappa shape index (κ1) is 22.5. The zero-order chi connectivity index (χ0) is 21.2. The van der Waals surface area contributed by atoms with Crippen LogP contribution in [0.1, 0.15) is 64.1 Å². The van der Waals surface area contributed by atoms with Gasteiger partial charge in [-0.15, -0.1) is 0 Å². The molecule has 158 valence electrons. The van der Waals surface area contributed by atoms with E-state index < -0.39 is 0 Å². The van der Waals surface area contributed by atoms with Crippen LogP contribution in [-0.4, -0.2) is 27.9 Å². The van der Waals surface area contributed by atoms with Gasteiger partial charge in [0.1, 0.15) is 0 Å². The van der Waals surface area contributed by atoms with Crippen LogP contribution in [0.4, 0.5) is 0 Å². The molecule has 29 heavy (non-hydrogen) atoms. The summed E-state index contributed by atoms with van der Waals surface area (Å²) >= 11 is 3.95. The lowest BCUT2D eigenvalue weighted by Crippen LogP contribution is -2.34. The van der Waals surface area contributed by atoms with Gasteiger partial charge in [-0.05, 0) is 34.1 Å². The molecule has 0 N–H and O–H groups in total. The number of benzene rings is 1. The van der Waals surface area contributed by atoms with E-state index in [-0.39, 0.29) is 10.8 Å². The van der Waals surface area contributed by atoms with Gasteiger partial charge in [-0.25, -0.2) is 0 Å². The molecule has 3 rings (SSSR count). The topological polar surface area (TPSA) is 19.4 Å². The highest BCUT2D eigenvalue weighted by Crippen LogP contribution is 2.29. The third-order valence-corrected chi connectivity index (χ3v) is 6.00. The van der Waals surface area contributed by atoms with Gasteiger partial charge in [0, 0.05) is 43.7 Å². The number of nitrogens with zero attached hydrogens (tertiary/aromatic N) is 3. The minimum atomic E-state index is 0.238. The highest BCUT2D eigenvalue weighted by molar-refractivity contribution is 9.10. The molecule has 0 radical (unpaired) electrons. The molecular formula is C25H36BrN3. The van der Waals surface area contributed by atoms with Gasteiger partial charge >= 0.3 is 0 Å². The smallest absolute Gasteiger partial charge is 0.0548 e. The van der Waals surface area contributed by atoms with Gasteiger partial charge in [-0.1, -0.05) is 81.7 Å². The van der Waals surface area contributed by atoms with Crippen molar-refractivity contribution in [1.82, 2.24) is 14.8 Å². The summed E-state index contributed by atoms with van der Waals surface area (Å²) in [7, 11) is 0. The molecule has 2 heterocycles. The molecule has 4 heteroatoms. The van der Waals surface area contributed by atoms with Gasteiger partial charge < -0.3 is 0 Å². The second-order valence-corrected chi connectivity index (χ2v) is 11.7. The van der Waals surface area contributed by atoms with Crippen LogP contribution >= 0.6 is 15.9 Å². The summed E-state index contributed by atoms with van der Waals surface area (Å²) in [5.74, 6) is 0. The number of halogens is 1. The molecule has 0 unspecified atom stereocenters. The number of hydrogen-bond acceptors (Lipinski definition) is 3. The SMILES string of the molecule is CC(C)(C)CN1Cc2cccc(n2)CN(CC(C)(C)C)Cc2cccc(c2Br)C1. The minimum Gasteiger partial charge on any atom is -0.293 e. The average molecular weight is 458 g/mol. The summed E-state index contributed by atoms with van der Waals surface area (Å²) in [5.41, 5.74) is 5.52. The Morgan fingerprint density at radius 1 is 0.724 bits per heavy atom. The van der Waals surface area contributed by atoms with Crippen molar-refractivity contribution in [2.45, 2.75) is 67.7 Å². The van der Waals surface area contributed by atoms with Crippen LogP contribution in [0.2, 0.25) is 0 Å². The zero-order valence-electron chi connectivity index (χ0n) is 18.9. The fourth-order valence-electron chi connectivity index (χ4n) is 4.20. The number of fused-ring (bicyclic) bond motifs is 4. The second-order valence-electron chi connectivity index (χ2n) is 10.9. The monoisotopic (exact) mass is 457 g/mol. The van der Waals surface area contributed by atoms with E-state index in [4.69, 9.17) is 4.98 Å². The maximum absolute atomic E-state index is 5.03. The van der Waals surface area contributed by atoms with Crippen molar-refractivity contribution in [3.05, 3.63) is 63.4 Å². The van der Waals surface area contributed by atoms with E-state index in [0.29, 0.717) is 0 Å². The Kier molecular flexibility index (Phi) is 6.87. The van der Waals surface area contributed by atoms with Gasteiger partial charge in [0.2, 0.25) is 0 Å². The Morgan fingerprint density at radius 2 is 1.14 bits per heavy atom. The van der Waals surface area contributed by atoms with E-state index in [1.165, 1.54) is 15.6 Å². The third-order valence-electron chi connectivity index (χ3n) is 4.98. The number of pyridine rings is 1. The van der Waals surface area contributed by atoms with E-state index in [9.17, 15) is 0 Å². The van der Waals surface area contributed by atoms with E-state index >= 15 is 0 Å². The Morgan fingerprint density at radius 3 is 1.55 bits per heavy atom. The summed E-state index contributed by atoms with van der Waals surface area (Å²) in [6, 6.07) is 13.2. The molecule has 2 aromatic rings. The van der Waals surface area contributed by atoms with Crippen molar-refractivity contribution in [2.24, 2.45) is 10.8 Å².